The lowest BCUT2D eigenvalue weighted by molar-refractivity contribution is -0.127. The Morgan fingerprint density at radius 1 is 1.29 bits per heavy atom. The number of hydrogen-bond donors (Lipinski definition) is 1. The molecular weight excluding hydrogens is 308 g/mol. The van der Waals surface area contributed by atoms with Crippen LogP contribution < -0.4 is 10.1 Å². The van der Waals surface area contributed by atoms with Crippen molar-refractivity contribution in [3.63, 3.8) is 0 Å². The molecule has 0 radical (unpaired) electrons. The predicted octanol–water partition coefficient (Wildman–Crippen LogP) is 2.18. The number of carbonyl (C=O) groups is 2. The number of nitrogens with one attached hydrogen (secondary N) is 1. The monoisotopic (exact) mass is 328 g/mol. The molecule has 24 heavy (non-hydrogen) atoms. The van der Waals surface area contributed by atoms with E-state index in [1.807, 2.05) is 42.5 Å². The normalized spacial score (nSPS) is 15.2. The van der Waals surface area contributed by atoms with Crippen LogP contribution in [0.5, 0.6) is 5.75 Å². The largest absolute Gasteiger partial charge is 0.481 e. The average molecular weight is 328 g/mol. The maximum absolute atomic E-state index is 12.1. The SMILES string of the molecule is CC(Oc1ccc2ccccc2c1)C(=O)NCCN1CCOC1=O. The van der Waals surface area contributed by atoms with Crippen LogP contribution in [0, 0.1) is 0 Å². The van der Waals surface area contributed by atoms with Crippen LogP contribution in [-0.4, -0.2) is 49.2 Å². The summed E-state index contributed by atoms with van der Waals surface area (Å²) in [5.74, 6) is 0.440. The number of ether oxygens (including phenoxy) is 2. The van der Waals surface area contributed by atoms with E-state index in [-0.39, 0.29) is 12.0 Å². The highest BCUT2D eigenvalue weighted by Gasteiger charge is 2.22. The maximum atomic E-state index is 12.1. The second kappa shape index (κ2) is 7.21. The summed E-state index contributed by atoms with van der Waals surface area (Å²) in [6.45, 7) is 3.49. The Morgan fingerprint density at radius 2 is 2.08 bits per heavy atom. The van der Waals surface area contributed by atoms with Crippen LogP contribution in [0.1, 0.15) is 6.92 Å². The van der Waals surface area contributed by atoms with Crippen LogP contribution in [0.2, 0.25) is 0 Å². The van der Waals surface area contributed by atoms with E-state index < -0.39 is 6.10 Å². The van der Waals surface area contributed by atoms with Crippen molar-refractivity contribution < 1.29 is 19.1 Å². The van der Waals surface area contributed by atoms with Crippen molar-refractivity contribution in [3.8, 4) is 5.75 Å². The number of rotatable bonds is 6. The zero-order valence-electron chi connectivity index (χ0n) is 13.5. The number of fused-ring (bicyclic) bond motifs is 1. The van der Waals surface area contributed by atoms with Gasteiger partial charge < -0.3 is 19.7 Å². The van der Waals surface area contributed by atoms with E-state index in [1.165, 1.54) is 0 Å². The summed E-state index contributed by atoms with van der Waals surface area (Å²) in [7, 11) is 0. The molecule has 126 valence electrons. The standard InChI is InChI=1S/C18H20N2O4/c1-13(17(21)19-8-9-20-10-11-23-18(20)22)24-16-7-6-14-4-2-3-5-15(14)12-16/h2-7,12-13H,8-11H2,1H3,(H,19,21). The van der Waals surface area contributed by atoms with Gasteiger partial charge in [-0.3, -0.25) is 4.79 Å². The first-order valence-corrected chi connectivity index (χ1v) is 7.98. The summed E-state index contributed by atoms with van der Waals surface area (Å²) in [5.41, 5.74) is 0. The predicted molar refractivity (Wildman–Crippen MR) is 90.0 cm³/mol. The van der Waals surface area contributed by atoms with E-state index >= 15 is 0 Å². The van der Waals surface area contributed by atoms with Gasteiger partial charge in [0.25, 0.3) is 5.91 Å². The van der Waals surface area contributed by atoms with Gasteiger partial charge in [0, 0.05) is 13.1 Å². The Bertz CT molecular complexity index is 747. The minimum atomic E-state index is -0.614. The summed E-state index contributed by atoms with van der Waals surface area (Å²) in [6.07, 6.45) is -0.943. The Labute approximate surface area is 140 Å². The molecule has 2 aromatic rings. The van der Waals surface area contributed by atoms with Gasteiger partial charge in [-0.15, -0.1) is 0 Å². The zero-order valence-corrected chi connectivity index (χ0v) is 13.5. The molecule has 6 nitrogen and oxygen atoms in total. The number of nitrogens with zero attached hydrogens (tertiary/aromatic N) is 1. The average Bonchev–Trinajstić information content (AvgIpc) is 2.99. The topological polar surface area (TPSA) is 67.9 Å². The second-order valence-electron chi connectivity index (χ2n) is 5.66. The summed E-state index contributed by atoms with van der Waals surface area (Å²) in [6, 6.07) is 13.7. The molecule has 1 unspecified atom stereocenters. The summed E-state index contributed by atoms with van der Waals surface area (Å²) < 4.78 is 10.5. The quantitative estimate of drug-likeness (QED) is 0.882. The second-order valence-corrected chi connectivity index (χ2v) is 5.66. The molecule has 1 heterocycles. The lowest BCUT2D eigenvalue weighted by Crippen LogP contribution is -2.41. The first-order valence-electron chi connectivity index (χ1n) is 7.98. The third kappa shape index (κ3) is 3.76. The van der Waals surface area contributed by atoms with Crippen LogP contribution >= 0.6 is 0 Å². The number of amides is 2. The van der Waals surface area contributed by atoms with Crippen molar-refractivity contribution in [3.05, 3.63) is 42.5 Å². The van der Waals surface area contributed by atoms with Crippen LogP contribution in [0.25, 0.3) is 10.8 Å². The molecule has 1 saturated heterocycles. The van der Waals surface area contributed by atoms with E-state index in [0.717, 1.165) is 10.8 Å². The van der Waals surface area contributed by atoms with Crippen LogP contribution in [0.3, 0.4) is 0 Å². The highest BCUT2D eigenvalue weighted by molar-refractivity contribution is 5.84. The molecule has 0 saturated carbocycles. The van der Waals surface area contributed by atoms with Crippen LogP contribution in [-0.2, 0) is 9.53 Å². The minimum Gasteiger partial charge on any atom is -0.481 e. The lowest BCUT2D eigenvalue weighted by atomic mass is 10.1. The van der Waals surface area contributed by atoms with Gasteiger partial charge in [0.05, 0.1) is 6.54 Å². The minimum absolute atomic E-state index is 0.212. The van der Waals surface area contributed by atoms with Crippen molar-refractivity contribution in [1.29, 1.82) is 0 Å². The van der Waals surface area contributed by atoms with Crippen molar-refractivity contribution in [2.24, 2.45) is 0 Å². The molecule has 2 amide bonds. The third-order valence-electron chi connectivity index (χ3n) is 3.93. The van der Waals surface area contributed by atoms with E-state index in [2.05, 4.69) is 5.32 Å². The number of cyclic esters (lactones) is 1. The van der Waals surface area contributed by atoms with E-state index in [1.54, 1.807) is 11.8 Å². The van der Waals surface area contributed by atoms with Gasteiger partial charge >= 0.3 is 6.09 Å². The van der Waals surface area contributed by atoms with E-state index in [4.69, 9.17) is 9.47 Å². The molecule has 6 heteroatoms. The first kappa shape index (κ1) is 16.1. The number of hydrogen-bond acceptors (Lipinski definition) is 4. The van der Waals surface area contributed by atoms with Gasteiger partial charge in [-0.05, 0) is 29.8 Å². The molecule has 1 atom stereocenters. The van der Waals surface area contributed by atoms with Crippen LogP contribution in [0.4, 0.5) is 4.79 Å². The number of carbonyl (C=O) groups excluding carboxylic acids is 2. The maximum Gasteiger partial charge on any atom is 0.409 e. The highest BCUT2D eigenvalue weighted by atomic mass is 16.6. The van der Waals surface area contributed by atoms with Gasteiger partial charge in [0.15, 0.2) is 6.10 Å². The Hall–Kier alpha value is -2.76. The molecule has 1 N–H and O–H groups in total. The lowest BCUT2D eigenvalue weighted by Gasteiger charge is -2.17. The fourth-order valence-electron chi connectivity index (χ4n) is 2.58. The fraction of sp³-hybridized carbons (Fsp3) is 0.333. The molecule has 3 rings (SSSR count). The van der Waals surface area contributed by atoms with Gasteiger partial charge in [0.2, 0.25) is 0 Å². The van der Waals surface area contributed by atoms with E-state index in [9.17, 15) is 9.59 Å². The van der Waals surface area contributed by atoms with Gasteiger partial charge in [-0.2, -0.15) is 0 Å². The van der Waals surface area contributed by atoms with Crippen LogP contribution in [0.15, 0.2) is 42.5 Å². The molecule has 1 aliphatic rings. The Kier molecular flexibility index (Phi) is 4.84. The van der Waals surface area contributed by atoms with E-state index in [0.29, 0.717) is 32.0 Å². The van der Waals surface area contributed by atoms with Gasteiger partial charge in [-0.25, -0.2) is 4.79 Å². The Balaban J connectivity index is 1.50. The molecule has 0 spiro atoms. The molecule has 0 bridgehead atoms. The molecule has 0 aromatic heterocycles. The fourth-order valence-corrected chi connectivity index (χ4v) is 2.58. The Morgan fingerprint density at radius 3 is 2.83 bits per heavy atom. The van der Waals surface area contributed by atoms with Crippen molar-refractivity contribution in [1.82, 2.24) is 10.2 Å². The van der Waals surface area contributed by atoms with Crippen molar-refractivity contribution >= 4 is 22.8 Å². The molecule has 2 aromatic carbocycles. The molecular formula is C18H20N2O4. The van der Waals surface area contributed by atoms with Gasteiger partial charge in [-0.1, -0.05) is 30.3 Å². The van der Waals surface area contributed by atoms with Crippen molar-refractivity contribution in [2.75, 3.05) is 26.2 Å². The molecule has 0 aliphatic carbocycles. The molecule has 1 aliphatic heterocycles. The summed E-state index contributed by atoms with van der Waals surface area (Å²) in [5, 5.41) is 4.96. The van der Waals surface area contributed by atoms with Crippen molar-refractivity contribution in [2.45, 2.75) is 13.0 Å². The highest BCUT2D eigenvalue weighted by Crippen LogP contribution is 2.21. The summed E-state index contributed by atoms with van der Waals surface area (Å²) in [4.78, 5) is 25.0. The summed E-state index contributed by atoms with van der Waals surface area (Å²) >= 11 is 0. The zero-order chi connectivity index (χ0) is 16.9. The number of benzene rings is 2. The third-order valence-corrected chi connectivity index (χ3v) is 3.93. The smallest absolute Gasteiger partial charge is 0.409 e. The molecule has 1 fully saturated rings. The van der Waals surface area contributed by atoms with Gasteiger partial charge in [0.1, 0.15) is 12.4 Å². The first-order chi connectivity index (χ1) is 11.6.